The lowest BCUT2D eigenvalue weighted by molar-refractivity contribution is 0.0696. The first kappa shape index (κ1) is 27.1. The van der Waals surface area contributed by atoms with Crippen molar-refractivity contribution in [3.05, 3.63) is 104 Å². The highest BCUT2D eigenvalue weighted by molar-refractivity contribution is 6.39. The maximum atomic E-state index is 11.2. The Morgan fingerprint density at radius 3 is 2.48 bits per heavy atom. The Morgan fingerprint density at radius 1 is 0.976 bits per heavy atom. The average Bonchev–Trinajstić information content (AvgIpc) is 3.71. The fraction of sp³-hybridized carbons (Fsp3) is 0.219. The van der Waals surface area contributed by atoms with Crippen LogP contribution in [-0.4, -0.2) is 34.3 Å². The SMILES string of the molecule is O=C(O)c1cnc2cc(N3CC(c4ccc(OCc5c(-c6c(Cl)cccc6Cl)noc5C5CC5)cc4Cl)C3)ccc2c1. The lowest BCUT2D eigenvalue weighted by Crippen LogP contribution is -2.45. The van der Waals surface area contributed by atoms with Gasteiger partial charge < -0.3 is 19.3 Å². The third kappa shape index (κ3) is 5.06. The van der Waals surface area contributed by atoms with Crippen LogP contribution < -0.4 is 9.64 Å². The van der Waals surface area contributed by atoms with Crippen LogP contribution in [0.3, 0.4) is 0 Å². The van der Waals surface area contributed by atoms with Crippen LogP contribution in [0, 0.1) is 0 Å². The summed E-state index contributed by atoms with van der Waals surface area (Å²) in [4.78, 5) is 17.8. The number of rotatable bonds is 8. The number of halogens is 3. The van der Waals surface area contributed by atoms with E-state index < -0.39 is 5.97 Å². The van der Waals surface area contributed by atoms with Gasteiger partial charge in [0, 0.05) is 52.8 Å². The standard InChI is InChI=1S/C32H24Cl3N3O4/c33-25-2-1-3-26(34)29(25)30-24(31(42-37-30)17-4-5-17)16-41-22-8-9-23(27(35)12-22)20-14-38(15-20)21-7-6-18-10-19(32(39)40)13-36-28(18)11-21/h1-3,6-13,17,20H,4-5,14-16H2,(H,39,40). The molecule has 3 aromatic carbocycles. The highest BCUT2D eigenvalue weighted by Gasteiger charge is 2.34. The molecule has 5 aromatic rings. The molecule has 7 nitrogen and oxygen atoms in total. The minimum Gasteiger partial charge on any atom is -0.489 e. The third-order valence-corrected chi connectivity index (χ3v) is 8.88. The largest absolute Gasteiger partial charge is 0.489 e. The number of pyridine rings is 1. The van der Waals surface area contributed by atoms with Gasteiger partial charge in [0.1, 0.15) is 23.8 Å². The van der Waals surface area contributed by atoms with Crippen molar-refractivity contribution in [1.29, 1.82) is 0 Å². The molecule has 0 bridgehead atoms. The summed E-state index contributed by atoms with van der Waals surface area (Å²) in [5.74, 6) is 1.10. The summed E-state index contributed by atoms with van der Waals surface area (Å²) in [7, 11) is 0. The van der Waals surface area contributed by atoms with Gasteiger partial charge >= 0.3 is 5.97 Å². The number of carboxylic acids is 1. The van der Waals surface area contributed by atoms with E-state index in [4.69, 9.17) is 44.1 Å². The van der Waals surface area contributed by atoms with E-state index in [0.717, 1.165) is 59.4 Å². The molecule has 1 aliphatic carbocycles. The second kappa shape index (κ2) is 10.8. The molecule has 0 unspecified atom stereocenters. The van der Waals surface area contributed by atoms with E-state index >= 15 is 0 Å². The molecule has 42 heavy (non-hydrogen) atoms. The number of fused-ring (bicyclic) bond motifs is 1. The van der Waals surface area contributed by atoms with E-state index in [0.29, 0.717) is 38.0 Å². The van der Waals surface area contributed by atoms with Crippen molar-refractivity contribution in [3.8, 4) is 17.0 Å². The summed E-state index contributed by atoms with van der Waals surface area (Å²) in [6.45, 7) is 1.88. The fourth-order valence-corrected chi connectivity index (χ4v) is 6.34. The van der Waals surface area contributed by atoms with Crippen molar-refractivity contribution in [1.82, 2.24) is 10.1 Å². The average molecular weight is 621 g/mol. The molecule has 0 spiro atoms. The van der Waals surface area contributed by atoms with Gasteiger partial charge in [0.15, 0.2) is 0 Å². The summed E-state index contributed by atoms with van der Waals surface area (Å²) in [6, 6.07) is 18.7. The van der Waals surface area contributed by atoms with Crippen LogP contribution in [0.5, 0.6) is 5.75 Å². The van der Waals surface area contributed by atoms with E-state index in [2.05, 4.69) is 15.0 Å². The van der Waals surface area contributed by atoms with Gasteiger partial charge in [-0.15, -0.1) is 0 Å². The van der Waals surface area contributed by atoms with Gasteiger partial charge in [0.25, 0.3) is 0 Å². The Morgan fingerprint density at radius 2 is 1.76 bits per heavy atom. The van der Waals surface area contributed by atoms with Gasteiger partial charge in [-0.2, -0.15) is 0 Å². The van der Waals surface area contributed by atoms with E-state index in [1.54, 1.807) is 24.3 Å². The second-order valence-electron chi connectivity index (χ2n) is 10.7. The molecule has 3 heterocycles. The van der Waals surface area contributed by atoms with Crippen LogP contribution >= 0.6 is 34.8 Å². The van der Waals surface area contributed by atoms with Gasteiger partial charge in [-0.1, -0.05) is 58.2 Å². The molecular formula is C32H24Cl3N3O4. The third-order valence-electron chi connectivity index (χ3n) is 7.92. The van der Waals surface area contributed by atoms with Gasteiger partial charge in [0.2, 0.25) is 0 Å². The number of hydrogen-bond donors (Lipinski definition) is 1. The van der Waals surface area contributed by atoms with Crippen molar-refractivity contribution in [2.45, 2.75) is 31.3 Å². The molecule has 1 saturated carbocycles. The van der Waals surface area contributed by atoms with Crippen LogP contribution in [0.2, 0.25) is 15.1 Å². The van der Waals surface area contributed by atoms with Crippen molar-refractivity contribution < 1.29 is 19.2 Å². The molecule has 2 fully saturated rings. The quantitative estimate of drug-likeness (QED) is 0.186. The lowest BCUT2D eigenvalue weighted by Gasteiger charge is -2.41. The summed E-state index contributed by atoms with van der Waals surface area (Å²) < 4.78 is 12.0. The predicted molar refractivity (Wildman–Crippen MR) is 163 cm³/mol. The Bertz CT molecular complexity index is 1830. The summed E-state index contributed by atoms with van der Waals surface area (Å²) in [5.41, 5.74) is 5.15. The molecule has 2 aliphatic rings. The van der Waals surface area contributed by atoms with Crippen molar-refractivity contribution in [2.75, 3.05) is 18.0 Å². The number of carboxylic acid groups (broad SMARTS) is 1. The number of carbonyl (C=O) groups is 1. The normalized spacial score (nSPS) is 15.2. The number of ether oxygens (including phenoxy) is 1. The van der Waals surface area contributed by atoms with Crippen LogP contribution in [0.15, 0.2) is 71.4 Å². The first-order chi connectivity index (χ1) is 20.4. The highest BCUT2D eigenvalue weighted by atomic mass is 35.5. The minimum absolute atomic E-state index is 0.177. The van der Waals surface area contributed by atoms with Crippen LogP contribution in [0.1, 0.15) is 51.9 Å². The number of nitrogens with zero attached hydrogens (tertiary/aromatic N) is 3. The van der Waals surface area contributed by atoms with Crippen molar-refractivity contribution >= 4 is 57.4 Å². The topological polar surface area (TPSA) is 88.7 Å². The van der Waals surface area contributed by atoms with E-state index in [9.17, 15) is 9.90 Å². The first-order valence-corrected chi connectivity index (χ1v) is 14.7. The smallest absolute Gasteiger partial charge is 0.337 e. The molecule has 212 valence electrons. The number of benzene rings is 3. The van der Waals surface area contributed by atoms with Gasteiger partial charge in [0.05, 0.1) is 26.7 Å². The maximum absolute atomic E-state index is 11.2. The summed E-state index contributed by atoms with van der Waals surface area (Å²) in [5, 5.41) is 16.0. The molecule has 10 heteroatoms. The second-order valence-corrected chi connectivity index (χ2v) is 11.9. The van der Waals surface area contributed by atoms with E-state index in [-0.39, 0.29) is 18.1 Å². The number of aromatic nitrogens is 2. The zero-order valence-electron chi connectivity index (χ0n) is 22.2. The van der Waals surface area contributed by atoms with Crippen molar-refractivity contribution in [2.24, 2.45) is 0 Å². The Hall–Kier alpha value is -3.78. The summed E-state index contributed by atoms with van der Waals surface area (Å²) >= 11 is 19.7. The lowest BCUT2D eigenvalue weighted by atomic mass is 9.90. The zero-order chi connectivity index (χ0) is 29.0. The molecular weight excluding hydrogens is 597 g/mol. The van der Waals surface area contributed by atoms with E-state index in [1.165, 1.54) is 6.20 Å². The van der Waals surface area contributed by atoms with Gasteiger partial charge in [-0.3, -0.25) is 4.98 Å². The van der Waals surface area contributed by atoms with Gasteiger partial charge in [-0.25, -0.2) is 4.79 Å². The first-order valence-electron chi connectivity index (χ1n) is 13.6. The molecule has 7 rings (SSSR count). The predicted octanol–water partition coefficient (Wildman–Crippen LogP) is 8.61. The van der Waals surface area contributed by atoms with Crippen molar-refractivity contribution in [3.63, 3.8) is 0 Å². The molecule has 2 aromatic heterocycles. The molecule has 0 amide bonds. The van der Waals surface area contributed by atoms with Crippen LogP contribution in [0.25, 0.3) is 22.2 Å². The van der Waals surface area contributed by atoms with Crippen LogP contribution in [-0.2, 0) is 6.61 Å². The Kier molecular flexibility index (Phi) is 6.97. The highest BCUT2D eigenvalue weighted by Crippen LogP contribution is 2.46. The number of hydrogen-bond acceptors (Lipinski definition) is 6. The zero-order valence-corrected chi connectivity index (χ0v) is 24.5. The molecule has 0 radical (unpaired) electrons. The molecule has 1 N–H and O–H groups in total. The number of aromatic carboxylic acids is 1. The number of anilines is 1. The minimum atomic E-state index is -0.986. The Labute approximate surface area is 256 Å². The molecule has 1 aliphatic heterocycles. The van der Waals surface area contributed by atoms with E-state index in [1.807, 2.05) is 36.4 Å². The van der Waals surface area contributed by atoms with Crippen LogP contribution in [0.4, 0.5) is 5.69 Å². The monoisotopic (exact) mass is 619 g/mol. The summed E-state index contributed by atoms with van der Waals surface area (Å²) in [6.07, 6.45) is 3.50. The molecule has 0 atom stereocenters. The van der Waals surface area contributed by atoms with Gasteiger partial charge in [-0.05, 0) is 60.9 Å². The maximum Gasteiger partial charge on any atom is 0.337 e. The fourth-order valence-electron chi connectivity index (χ4n) is 5.44. The molecule has 1 saturated heterocycles. The Balaban J connectivity index is 1.04.